The number of carbonyl (C=O) groups excluding carboxylic acids is 2. The lowest BCUT2D eigenvalue weighted by Gasteiger charge is -2.27. The molecule has 1 unspecified atom stereocenters. The number of rotatable bonds is 6. The predicted molar refractivity (Wildman–Crippen MR) is 100 cm³/mol. The van der Waals surface area contributed by atoms with Gasteiger partial charge < -0.3 is 10.2 Å². The highest BCUT2D eigenvalue weighted by atomic mass is 16.2. The number of amides is 2. The van der Waals surface area contributed by atoms with Gasteiger partial charge in [0.1, 0.15) is 6.04 Å². The molecule has 5 heteroatoms. The zero-order chi connectivity index (χ0) is 19.1. The van der Waals surface area contributed by atoms with Gasteiger partial charge in [0.15, 0.2) is 0 Å². The largest absolute Gasteiger partial charge is 0.340 e. The Bertz CT molecular complexity index is 792. The van der Waals surface area contributed by atoms with Crippen LogP contribution in [0.4, 0.5) is 0 Å². The van der Waals surface area contributed by atoms with Crippen molar-refractivity contribution in [3.05, 3.63) is 71.3 Å². The average Bonchev–Trinajstić information content (AvgIpc) is 2.66. The van der Waals surface area contributed by atoms with Crippen molar-refractivity contribution in [1.82, 2.24) is 10.2 Å². The summed E-state index contributed by atoms with van der Waals surface area (Å²) in [5.41, 5.74) is 2.04. The van der Waals surface area contributed by atoms with E-state index in [4.69, 9.17) is 5.26 Å². The lowest BCUT2D eigenvalue weighted by molar-refractivity contribution is -0.133. The number of benzene rings is 2. The van der Waals surface area contributed by atoms with Crippen molar-refractivity contribution in [3.63, 3.8) is 0 Å². The third-order valence-electron chi connectivity index (χ3n) is 4.13. The topological polar surface area (TPSA) is 73.2 Å². The van der Waals surface area contributed by atoms with E-state index in [9.17, 15) is 9.59 Å². The van der Waals surface area contributed by atoms with Crippen LogP contribution in [0.1, 0.15) is 35.3 Å². The predicted octanol–water partition coefficient (Wildman–Crippen LogP) is 2.97. The number of carbonyl (C=O) groups is 2. The summed E-state index contributed by atoms with van der Waals surface area (Å²) >= 11 is 0. The van der Waals surface area contributed by atoms with Gasteiger partial charge in [-0.3, -0.25) is 9.59 Å². The normalized spacial score (nSPS) is 11.5. The Morgan fingerprint density at radius 3 is 2.23 bits per heavy atom. The second kappa shape index (κ2) is 8.82. The molecule has 2 aromatic carbocycles. The fourth-order valence-corrected chi connectivity index (χ4v) is 2.60. The molecule has 2 rings (SSSR count). The Balaban J connectivity index is 2.06. The number of hydrogen-bond donors (Lipinski definition) is 1. The third-order valence-corrected chi connectivity index (χ3v) is 4.13. The van der Waals surface area contributed by atoms with E-state index in [-0.39, 0.29) is 17.7 Å². The number of nitrogens with zero attached hydrogens (tertiary/aromatic N) is 2. The van der Waals surface area contributed by atoms with Crippen LogP contribution in [0.5, 0.6) is 0 Å². The lowest BCUT2D eigenvalue weighted by atomic mass is 10.0. The van der Waals surface area contributed by atoms with Crippen LogP contribution in [0.15, 0.2) is 54.6 Å². The zero-order valence-corrected chi connectivity index (χ0v) is 15.3. The molecule has 0 aromatic heterocycles. The molecule has 134 valence electrons. The summed E-state index contributed by atoms with van der Waals surface area (Å²) in [6, 6.07) is 17.4. The Morgan fingerprint density at radius 1 is 1.08 bits per heavy atom. The minimum Gasteiger partial charge on any atom is -0.340 e. The molecule has 0 aliphatic carbocycles. The van der Waals surface area contributed by atoms with Gasteiger partial charge in [0.05, 0.1) is 11.6 Å². The van der Waals surface area contributed by atoms with Crippen LogP contribution in [-0.4, -0.2) is 29.8 Å². The molecule has 0 saturated carbocycles. The standard InChI is InChI=1S/C21H23N3O2/c1-15(2)19(23-20(25)18-7-5-4-6-8-18)21(26)24(3)14-17-11-9-16(13-22)10-12-17/h4-12,15,19H,14H2,1-3H3,(H,23,25). The van der Waals surface area contributed by atoms with Gasteiger partial charge in [-0.05, 0) is 35.7 Å². The summed E-state index contributed by atoms with van der Waals surface area (Å²) < 4.78 is 0. The number of likely N-dealkylation sites (N-methyl/N-ethyl adjacent to an activating group) is 1. The minimum atomic E-state index is -0.605. The van der Waals surface area contributed by atoms with Gasteiger partial charge >= 0.3 is 0 Å². The van der Waals surface area contributed by atoms with Gasteiger partial charge in [0.2, 0.25) is 5.91 Å². The first kappa shape index (κ1) is 19.2. The van der Waals surface area contributed by atoms with Gasteiger partial charge in [0.25, 0.3) is 5.91 Å². The summed E-state index contributed by atoms with van der Waals surface area (Å²) in [5, 5.41) is 11.7. The monoisotopic (exact) mass is 349 g/mol. The van der Waals surface area contributed by atoms with E-state index in [2.05, 4.69) is 11.4 Å². The summed E-state index contributed by atoms with van der Waals surface area (Å²) in [6.45, 7) is 4.22. The van der Waals surface area contributed by atoms with E-state index in [1.165, 1.54) is 0 Å². The van der Waals surface area contributed by atoms with Crippen molar-refractivity contribution in [1.29, 1.82) is 5.26 Å². The molecule has 0 spiro atoms. The van der Waals surface area contributed by atoms with Crippen molar-refractivity contribution in [3.8, 4) is 6.07 Å². The van der Waals surface area contributed by atoms with Crippen LogP contribution in [0.2, 0.25) is 0 Å². The maximum absolute atomic E-state index is 12.8. The van der Waals surface area contributed by atoms with Gasteiger partial charge in [-0.1, -0.05) is 44.2 Å². The molecule has 0 bridgehead atoms. The first-order valence-corrected chi connectivity index (χ1v) is 8.52. The van der Waals surface area contributed by atoms with Crippen molar-refractivity contribution >= 4 is 11.8 Å². The quantitative estimate of drug-likeness (QED) is 0.871. The second-order valence-electron chi connectivity index (χ2n) is 6.56. The summed E-state index contributed by atoms with van der Waals surface area (Å²) in [4.78, 5) is 26.8. The molecule has 0 fully saturated rings. The molecule has 0 heterocycles. The maximum atomic E-state index is 12.8. The highest BCUT2D eigenvalue weighted by molar-refractivity contribution is 5.97. The molecule has 1 atom stereocenters. The first-order valence-electron chi connectivity index (χ1n) is 8.52. The molecule has 1 N–H and O–H groups in total. The molecule has 0 aliphatic heterocycles. The summed E-state index contributed by atoms with van der Waals surface area (Å²) in [6.07, 6.45) is 0. The molecule has 0 aliphatic rings. The minimum absolute atomic E-state index is 0.0430. The van der Waals surface area contributed by atoms with Crippen LogP contribution in [-0.2, 0) is 11.3 Å². The highest BCUT2D eigenvalue weighted by Crippen LogP contribution is 2.11. The number of nitrogens with one attached hydrogen (secondary N) is 1. The molecular weight excluding hydrogens is 326 g/mol. The Kier molecular flexibility index (Phi) is 6.51. The van der Waals surface area contributed by atoms with Crippen molar-refractivity contribution in [2.24, 2.45) is 5.92 Å². The zero-order valence-electron chi connectivity index (χ0n) is 15.3. The van der Waals surface area contributed by atoms with Gasteiger partial charge in [0, 0.05) is 19.2 Å². The van der Waals surface area contributed by atoms with Gasteiger partial charge in [-0.25, -0.2) is 0 Å². The van der Waals surface area contributed by atoms with Crippen molar-refractivity contribution < 1.29 is 9.59 Å². The average molecular weight is 349 g/mol. The molecule has 2 amide bonds. The SMILES string of the molecule is CC(C)C(NC(=O)c1ccccc1)C(=O)N(C)Cc1ccc(C#N)cc1. The van der Waals surface area contributed by atoms with E-state index < -0.39 is 6.04 Å². The van der Waals surface area contributed by atoms with E-state index >= 15 is 0 Å². The van der Waals surface area contributed by atoms with E-state index in [1.54, 1.807) is 48.3 Å². The van der Waals surface area contributed by atoms with Crippen LogP contribution in [0, 0.1) is 17.2 Å². The molecule has 0 radical (unpaired) electrons. The van der Waals surface area contributed by atoms with Crippen LogP contribution < -0.4 is 5.32 Å². The number of hydrogen-bond acceptors (Lipinski definition) is 3. The Labute approximate surface area is 154 Å². The fraction of sp³-hybridized carbons (Fsp3) is 0.286. The van der Waals surface area contributed by atoms with Crippen molar-refractivity contribution in [2.75, 3.05) is 7.05 Å². The van der Waals surface area contributed by atoms with Crippen LogP contribution in [0.25, 0.3) is 0 Å². The van der Waals surface area contributed by atoms with Gasteiger partial charge in [-0.2, -0.15) is 5.26 Å². The van der Waals surface area contributed by atoms with E-state index in [1.807, 2.05) is 32.0 Å². The summed E-state index contributed by atoms with van der Waals surface area (Å²) in [7, 11) is 1.71. The van der Waals surface area contributed by atoms with Crippen LogP contribution >= 0.6 is 0 Å². The first-order chi connectivity index (χ1) is 12.4. The van der Waals surface area contributed by atoms with Crippen LogP contribution in [0.3, 0.4) is 0 Å². The number of nitriles is 1. The third kappa shape index (κ3) is 4.93. The molecule has 2 aromatic rings. The Hall–Kier alpha value is -3.13. The van der Waals surface area contributed by atoms with E-state index in [0.717, 1.165) is 5.56 Å². The van der Waals surface area contributed by atoms with E-state index in [0.29, 0.717) is 17.7 Å². The second-order valence-corrected chi connectivity index (χ2v) is 6.56. The molecule has 26 heavy (non-hydrogen) atoms. The Morgan fingerprint density at radius 2 is 1.69 bits per heavy atom. The molecular formula is C21H23N3O2. The lowest BCUT2D eigenvalue weighted by Crippen LogP contribution is -2.50. The van der Waals surface area contributed by atoms with Crippen molar-refractivity contribution in [2.45, 2.75) is 26.4 Å². The smallest absolute Gasteiger partial charge is 0.251 e. The summed E-state index contributed by atoms with van der Waals surface area (Å²) in [5.74, 6) is -0.448. The molecule has 0 saturated heterocycles. The maximum Gasteiger partial charge on any atom is 0.251 e. The molecule has 5 nitrogen and oxygen atoms in total. The fourth-order valence-electron chi connectivity index (χ4n) is 2.60. The van der Waals surface area contributed by atoms with Gasteiger partial charge in [-0.15, -0.1) is 0 Å². The highest BCUT2D eigenvalue weighted by Gasteiger charge is 2.27.